The molecule has 1 saturated carbocycles. The molecule has 1 aliphatic rings. The van der Waals surface area contributed by atoms with Crippen molar-refractivity contribution in [3.05, 3.63) is 87.6 Å². The smallest absolute Gasteiger partial charge is 0.322 e. The lowest BCUT2D eigenvalue weighted by Crippen LogP contribution is -2.49. The van der Waals surface area contributed by atoms with Crippen molar-refractivity contribution in [2.75, 3.05) is 11.9 Å². The third-order valence-electron chi connectivity index (χ3n) is 6.70. The summed E-state index contributed by atoms with van der Waals surface area (Å²) in [5.41, 5.74) is 3.27. The highest BCUT2D eigenvalue weighted by Gasteiger charge is 2.29. The van der Waals surface area contributed by atoms with Crippen molar-refractivity contribution in [3.63, 3.8) is 0 Å². The molecule has 0 atom stereocenters. The number of thiophene rings is 1. The Kier molecular flexibility index (Phi) is 8.75. The number of nitriles is 1. The maximum Gasteiger partial charge on any atom is 0.322 e. The van der Waals surface area contributed by atoms with Crippen LogP contribution in [0.25, 0.3) is 0 Å². The van der Waals surface area contributed by atoms with E-state index in [1.807, 2.05) is 40.6 Å². The fourth-order valence-corrected chi connectivity index (χ4v) is 5.56. The molecule has 1 fully saturated rings. The summed E-state index contributed by atoms with van der Waals surface area (Å²) in [7, 11) is 0. The van der Waals surface area contributed by atoms with Crippen LogP contribution in [-0.4, -0.2) is 34.3 Å². The normalized spacial score (nSPS) is 13.6. The lowest BCUT2D eigenvalue weighted by atomic mass is 9.94. The topological polar surface area (TPSA) is 76.4 Å². The fourth-order valence-electron chi connectivity index (χ4n) is 4.64. The Balaban J connectivity index is 1.55. The van der Waals surface area contributed by atoms with Crippen LogP contribution in [0.5, 0.6) is 0 Å². The number of carbonyl (C=O) groups is 2. The molecule has 36 heavy (non-hydrogen) atoms. The first-order valence-electron chi connectivity index (χ1n) is 12.5. The van der Waals surface area contributed by atoms with Crippen LogP contribution < -0.4 is 5.32 Å². The Labute approximate surface area is 217 Å². The molecule has 1 heterocycles. The summed E-state index contributed by atoms with van der Waals surface area (Å²) >= 11 is 1.65. The second-order valence-corrected chi connectivity index (χ2v) is 10.3. The number of carbonyl (C=O) groups excluding carboxylic acids is 2. The highest BCUT2D eigenvalue weighted by molar-refractivity contribution is 7.10. The van der Waals surface area contributed by atoms with Crippen LogP contribution in [0.2, 0.25) is 0 Å². The number of nitrogens with one attached hydrogen (secondary N) is 1. The van der Waals surface area contributed by atoms with Crippen molar-refractivity contribution in [2.24, 2.45) is 0 Å². The van der Waals surface area contributed by atoms with Gasteiger partial charge in [0.1, 0.15) is 6.54 Å². The number of nitrogens with zero attached hydrogens (tertiary/aromatic N) is 3. The number of urea groups is 1. The van der Waals surface area contributed by atoms with E-state index in [1.54, 1.807) is 40.5 Å². The minimum absolute atomic E-state index is 0.0175. The molecule has 1 aliphatic carbocycles. The third-order valence-corrected chi connectivity index (χ3v) is 7.70. The summed E-state index contributed by atoms with van der Waals surface area (Å²) in [4.78, 5) is 31.9. The molecule has 0 spiro atoms. The van der Waals surface area contributed by atoms with Gasteiger partial charge < -0.3 is 15.1 Å². The predicted molar refractivity (Wildman–Crippen MR) is 144 cm³/mol. The summed E-state index contributed by atoms with van der Waals surface area (Å²) in [6, 6.07) is 20.7. The molecular weight excluding hydrogens is 468 g/mol. The second kappa shape index (κ2) is 12.4. The lowest BCUT2D eigenvalue weighted by molar-refractivity contribution is -0.133. The predicted octanol–water partition coefficient (Wildman–Crippen LogP) is 6.32. The summed E-state index contributed by atoms with van der Waals surface area (Å²) in [6.07, 6.45) is 5.04. The van der Waals surface area contributed by atoms with Crippen molar-refractivity contribution in [1.29, 1.82) is 5.26 Å². The van der Waals surface area contributed by atoms with E-state index in [4.69, 9.17) is 0 Å². The summed E-state index contributed by atoms with van der Waals surface area (Å²) in [5.74, 6) is -0.0712. The number of anilines is 1. The van der Waals surface area contributed by atoms with Crippen LogP contribution >= 0.6 is 11.3 Å². The molecule has 1 N–H and O–H groups in total. The maximum absolute atomic E-state index is 13.8. The van der Waals surface area contributed by atoms with E-state index in [1.165, 1.54) is 5.56 Å². The standard InChI is InChI=1S/C29H32N4O2S/c1-22-15-16-36-27(22)20-32(19-23-9-4-2-5-10-23)28(34)21-33(26-13-6-3-7-14-26)29(35)31-25-12-8-11-24(17-25)18-30/h2,4-5,8-12,15-17,26H,3,6-7,13-14,19-21H2,1H3,(H,31,35). The highest BCUT2D eigenvalue weighted by Crippen LogP contribution is 2.25. The Hall–Kier alpha value is -3.63. The van der Waals surface area contributed by atoms with Gasteiger partial charge in [0.15, 0.2) is 0 Å². The molecule has 0 saturated heterocycles. The first-order valence-corrected chi connectivity index (χ1v) is 13.3. The van der Waals surface area contributed by atoms with E-state index >= 15 is 0 Å². The molecule has 0 radical (unpaired) electrons. The van der Waals surface area contributed by atoms with Crippen molar-refractivity contribution < 1.29 is 9.59 Å². The number of rotatable bonds is 8. The number of aryl methyl sites for hydroxylation is 1. The van der Waals surface area contributed by atoms with Gasteiger partial charge in [0.25, 0.3) is 0 Å². The first-order chi connectivity index (χ1) is 17.5. The van der Waals surface area contributed by atoms with E-state index in [-0.39, 0.29) is 24.5 Å². The molecule has 1 aromatic heterocycles. The summed E-state index contributed by atoms with van der Waals surface area (Å²) < 4.78 is 0. The van der Waals surface area contributed by atoms with Gasteiger partial charge in [-0.3, -0.25) is 4.79 Å². The lowest BCUT2D eigenvalue weighted by Gasteiger charge is -2.35. The van der Waals surface area contributed by atoms with Crippen molar-refractivity contribution in [3.8, 4) is 6.07 Å². The molecule has 0 aliphatic heterocycles. The SMILES string of the molecule is Cc1ccsc1CN(Cc1ccccc1)C(=O)CN(C(=O)Nc1cccc(C#N)c1)C1CCCCC1. The van der Waals surface area contributed by atoms with E-state index in [0.717, 1.165) is 42.5 Å². The van der Waals surface area contributed by atoms with Gasteiger partial charge in [-0.2, -0.15) is 5.26 Å². The molecule has 2 aromatic carbocycles. The fraction of sp³-hybridized carbons (Fsp3) is 0.345. The highest BCUT2D eigenvalue weighted by atomic mass is 32.1. The zero-order chi connectivity index (χ0) is 25.3. The average Bonchev–Trinajstić information content (AvgIpc) is 3.32. The van der Waals surface area contributed by atoms with Gasteiger partial charge in [-0.1, -0.05) is 55.7 Å². The maximum atomic E-state index is 13.8. The Morgan fingerprint density at radius 2 is 1.81 bits per heavy atom. The largest absolute Gasteiger partial charge is 0.332 e. The van der Waals surface area contributed by atoms with Crippen LogP contribution in [-0.2, 0) is 17.9 Å². The third kappa shape index (κ3) is 6.73. The zero-order valence-electron chi connectivity index (χ0n) is 20.7. The van der Waals surface area contributed by atoms with Crippen LogP contribution in [0.1, 0.15) is 53.7 Å². The molecule has 3 aromatic rings. The average molecular weight is 501 g/mol. The van der Waals surface area contributed by atoms with E-state index < -0.39 is 0 Å². The number of hydrogen-bond donors (Lipinski definition) is 1. The molecule has 4 rings (SSSR count). The van der Waals surface area contributed by atoms with E-state index in [2.05, 4.69) is 24.4 Å². The summed E-state index contributed by atoms with van der Waals surface area (Å²) in [6.45, 7) is 3.09. The minimum Gasteiger partial charge on any atom is -0.332 e. The molecule has 0 bridgehead atoms. The Morgan fingerprint density at radius 3 is 2.50 bits per heavy atom. The van der Waals surface area contributed by atoms with Gasteiger partial charge >= 0.3 is 6.03 Å². The quantitative estimate of drug-likeness (QED) is 0.393. The van der Waals surface area contributed by atoms with Crippen LogP contribution in [0.3, 0.4) is 0 Å². The number of amides is 3. The number of benzene rings is 2. The van der Waals surface area contributed by atoms with Gasteiger partial charge in [0.05, 0.1) is 18.2 Å². The second-order valence-electron chi connectivity index (χ2n) is 9.30. The molecular formula is C29H32N4O2S. The zero-order valence-corrected chi connectivity index (χ0v) is 21.5. The van der Waals surface area contributed by atoms with Gasteiger partial charge in [0, 0.05) is 23.2 Å². The van der Waals surface area contributed by atoms with Crippen LogP contribution in [0.4, 0.5) is 10.5 Å². The minimum atomic E-state index is -0.294. The van der Waals surface area contributed by atoms with Crippen molar-refractivity contribution in [2.45, 2.75) is 58.2 Å². The van der Waals surface area contributed by atoms with E-state index in [9.17, 15) is 14.9 Å². The monoisotopic (exact) mass is 500 g/mol. The number of hydrogen-bond acceptors (Lipinski definition) is 4. The van der Waals surface area contributed by atoms with Crippen molar-refractivity contribution in [1.82, 2.24) is 9.80 Å². The van der Waals surface area contributed by atoms with Gasteiger partial charge in [-0.05, 0) is 60.5 Å². The first kappa shape index (κ1) is 25.5. The summed E-state index contributed by atoms with van der Waals surface area (Å²) in [5, 5.41) is 14.2. The van der Waals surface area contributed by atoms with E-state index in [0.29, 0.717) is 24.3 Å². The van der Waals surface area contributed by atoms with Gasteiger partial charge in [-0.25, -0.2) is 4.79 Å². The molecule has 0 unspecified atom stereocenters. The van der Waals surface area contributed by atoms with Crippen LogP contribution in [0.15, 0.2) is 66.0 Å². The Bertz CT molecular complexity index is 1210. The molecule has 186 valence electrons. The molecule has 6 nitrogen and oxygen atoms in total. The molecule has 3 amide bonds. The van der Waals surface area contributed by atoms with Gasteiger partial charge in [-0.15, -0.1) is 11.3 Å². The molecule has 7 heteroatoms. The van der Waals surface area contributed by atoms with Crippen molar-refractivity contribution >= 4 is 29.0 Å². The Morgan fingerprint density at radius 1 is 1.03 bits per heavy atom. The van der Waals surface area contributed by atoms with Crippen LogP contribution in [0, 0.1) is 18.3 Å². The van der Waals surface area contributed by atoms with Gasteiger partial charge in [0.2, 0.25) is 5.91 Å².